The van der Waals surface area contributed by atoms with E-state index in [0.717, 1.165) is 0 Å². The van der Waals surface area contributed by atoms with E-state index in [4.69, 9.17) is 0 Å². The third-order valence-corrected chi connectivity index (χ3v) is 6.36. The zero-order valence-electron chi connectivity index (χ0n) is 20.6. The SMILES string of the molecule is CN1C(=O)C(NC(=O)Nc2ccccc2C#C[Si](C)(C)C)N=C(c2ccccc2F)c2ccccc21. The van der Waals surface area contributed by atoms with Gasteiger partial charge in [0.2, 0.25) is 6.17 Å². The number of amides is 3. The van der Waals surface area contributed by atoms with E-state index >= 15 is 0 Å². The van der Waals surface area contributed by atoms with Crippen molar-refractivity contribution >= 4 is 37.1 Å². The number of urea groups is 1. The maximum absolute atomic E-state index is 14.8. The van der Waals surface area contributed by atoms with Gasteiger partial charge in [-0.2, -0.15) is 0 Å². The van der Waals surface area contributed by atoms with E-state index in [1.54, 1.807) is 61.6 Å². The number of benzodiazepines with no additional fused rings is 1. The van der Waals surface area contributed by atoms with Crippen molar-refractivity contribution in [1.29, 1.82) is 0 Å². The van der Waals surface area contributed by atoms with Crippen molar-refractivity contribution in [3.8, 4) is 11.5 Å². The second kappa shape index (κ2) is 10.2. The highest BCUT2D eigenvalue weighted by Gasteiger charge is 2.31. The number of hydrogen-bond donors (Lipinski definition) is 2. The average molecular weight is 499 g/mol. The van der Waals surface area contributed by atoms with E-state index in [9.17, 15) is 14.0 Å². The number of aliphatic imine (C=N–C) groups is 1. The number of carbonyl (C=O) groups is 2. The highest BCUT2D eigenvalue weighted by atomic mass is 28.3. The van der Waals surface area contributed by atoms with Gasteiger partial charge < -0.3 is 15.5 Å². The quantitative estimate of drug-likeness (QED) is 0.393. The molecule has 8 heteroatoms. The molecular formula is C28H27FN4O2Si. The van der Waals surface area contributed by atoms with Gasteiger partial charge in [-0.25, -0.2) is 14.2 Å². The third kappa shape index (κ3) is 5.53. The van der Waals surface area contributed by atoms with Gasteiger partial charge >= 0.3 is 6.03 Å². The second-order valence-electron chi connectivity index (χ2n) is 9.42. The van der Waals surface area contributed by atoms with Gasteiger partial charge in [-0.3, -0.25) is 4.79 Å². The number of benzene rings is 3. The number of halogens is 1. The zero-order chi connectivity index (χ0) is 25.9. The number of para-hydroxylation sites is 2. The van der Waals surface area contributed by atoms with Crippen LogP contribution in [0.25, 0.3) is 0 Å². The lowest BCUT2D eigenvalue weighted by molar-refractivity contribution is -0.119. The van der Waals surface area contributed by atoms with Gasteiger partial charge in [0.1, 0.15) is 13.9 Å². The third-order valence-electron chi connectivity index (χ3n) is 5.49. The molecule has 0 saturated carbocycles. The molecule has 3 aromatic rings. The van der Waals surface area contributed by atoms with E-state index in [1.807, 2.05) is 12.1 Å². The van der Waals surface area contributed by atoms with Crippen molar-refractivity contribution in [1.82, 2.24) is 5.32 Å². The number of likely N-dealkylation sites (N-methyl/N-ethyl adjacent to an activating group) is 1. The van der Waals surface area contributed by atoms with Crippen molar-refractivity contribution in [2.75, 3.05) is 17.3 Å². The van der Waals surface area contributed by atoms with Crippen LogP contribution in [0.15, 0.2) is 77.8 Å². The Morgan fingerprint density at radius 3 is 2.33 bits per heavy atom. The van der Waals surface area contributed by atoms with E-state index < -0.39 is 32.0 Å². The zero-order valence-corrected chi connectivity index (χ0v) is 21.6. The molecule has 1 unspecified atom stereocenters. The normalized spacial score (nSPS) is 15.1. The fourth-order valence-corrected chi connectivity index (χ4v) is 4.23. The molecule has 0 aromatic heterocycles. The van der Waals surface area contributed by atoms with Crippen LogP contribution in [0.3, 0.4) is 0 Å². The summed E-state index contributed by atoms with van der Waals surface area (Å²) in [4.78, 5) is 32.3. The summed E-state index contributed by atoms with van der Waals surface area (Å²) in [5.41, 5.74) is 6.19. The molecule has 0 fully saturated rings. The smallest absolute Gasteiger partial charge is 0.311 e. The van der Waals surface area contributed by atoms with Crippen molar-refractivity contribution < 1.29 is 14.0 Å². The molecule has 1 aliphatic rings. The number of carbonyl (C=O) groups excluding carboxylic acids is 2. The molecule has 4 rings (SSSR count). The van der Waals surface area contributed by atoms with Gasteiger partial charge in [-0.05, 0) is 30.3 Å². The van der Waals surface area contributed by atoms with E-state index in [2.05, 4.69) is 46.7 Å². The lowest BCUT2D eigenvalue weighted by Gasteiger charge is -2.21. The predicted octanol–water partition coefficient (Wildman–Crippen LogP) is 5.02. The van der Waals surface area contributed by atoms with Crippen molar-refractivity contribution in [2.45, 2.75) is 25.8 Å². The Kier molecular flexibility index (Phi) is 7.04. The van der Waals surface area contributed by atoms with Crippen LogP contribution in [-0.4, -0.2) is 38.9 Å². The maximum atomic E-state index is 14.8. The van der Waals surface area contributed by atoms with Gasteiger partial charge in [-0.15, -0.1) is 5.54 Å². The van der Waals surface area contributed by atoms with Crippen molar-refractivity contribution in [3.05, 3.63) is 95.3 Å². The van der Waals surface area contributed by atoms with Gasteiger partial charge in [-0.1, -0.05) is 68.0 Å². The van der Waals surface area contributed by atoms with Gasteiger partial charge in [0.25, 0.3) is 5.91 Å². The molecule has 1 atom stereocenters. The van der Waals surface area contributed by atoms with Crippen LogP contribution in [0.4, 0.5) is 20.6 Å². The molecule has 3 amide bonds. The molecule has 36 heavy (non-hydrogen) atoms. The largest absolute Gasteiger partial charge is 0.321 e. The Bertz CT molecular complexity index is 1420. The molecule has 0 bridgehead atoms. The monoisotopic (exact) mass is 498 g/mol. The summed E-state index contributed by atoms with van der Waals surface area (Å²) in [5, 5.41) is 5.44. The summed E-state index contributed by atoms with van der Waals surface area (Å²) in [7, 11) is -0.0181. The van der Waals surface area contributed by atoms with Crippen LogP contribution in [0, 0.1) is 17.3 Å². The lowest BCUT2D eigenvalue weighted by Crippen LogP contribution is -2.47. The minimum Gasteiger partial charge on any atom is -0.311 e. The number of nitrogens with one attached hydrogen (secondary N) is 2. The number of hydrogen-bond acceptors (Lipinski definition) is 3. The summed E-state index contributed by atoms with van der Waals surface area (Å²) >= 11 is 0. The van der Waals surface area contributed by atoms with Crippen LogP contribution in [0.5, 0.6) is 0 Å². The first-order chi connectivity index (χ1) is 17.1. The number of nitrogens with zero attached hydrogens (tertiary/aromatic N) is 2. The Hall–Kier alpha value is -4.22. The van der Waals surface area contributed by atoms with Crippen LogP contribution in [0.1, 0.15) is 16.7 Å². The first-order valence-electron chi connectivity index (χ1n) is 11.5. The van der Waals surface area contributed by atoms with E-state index in [1.165, 1.54) is 11.0 Å². The van der Waals surface area contributed by atoms with Gasteiger partial charge in [0.05, 0.1) is 17.1 Å². The predicted molar refractivity (Wildman–Crippen MR) is 144 cm³/mol. The molecule has 0 radical (unpaired) electrons. The Morgan fingerprint density at radius 2 is 1.61 bits per heavy atom. The topological polar surface area (TPSA) is 73.8 Å². The number of anilines is 2. The maximum Gasteiger partial charge on any atom is 0.321 e. The van der Waals surface area contributed by atoms with Crippen LogP contribution < -0.4 is 15.5 Å². The summed E-state index contributed by atoms with van der Waals surface area (Å²) in [6.45, 7) is 6.42. The van der Waals surface area contributed by atoms with Crippen LogP contribution in [-0.2, 0) is 4.79 Å². The van der Waals surface area contributed by atoms with Crippen LogP contribution in [0.2, 0.25) is 19.6 Å². The molecule has 3 aromatic carbocycles. The molecule has 1 heterocycles. The molecular weight excluding hydrogens is 471 g/mol. The molecule has 6 nitrogen and oxygen atoms in total. The van der Waals surface area contributed by atoms with E-state index in [0.29, 0.717) is 22.5 Å². The molecule has 2 N–H and O–H groups in total. The summed E-state index contributed by atoms with van der Waals surface area (Å²) in [6.07, 6.45) is -1.27. The molecule has 182 valence electrons. The highest BCUT2D eigenvalue weighted by Crippen LogP contribution is 2.28. The fourth-order valence-electron chi connectivity index (χ4n) is 3.72. The highest BCUT2D eigenvalue weighted by molar-refractivity contribution is 6.83. The standard InChI is InChI=1S/C28H27FN4O2Si/c1-33-24-16-10-7-13-21(24)25(20-12-6-8-14-22(20)29)31-26(27(33)34)32-28(35)30-23-15-9-5-11-19(23)17-18-36(2,3)4/h5-16,26H,1-4H3,(H2,30,32,35). The number of rotatable bonds is 3. The summed E-state index contributed by atoms with van der Waals surface area (Å²) in [5.74, 6) is 2.24. The lowest BCUT2D eigenvalue weighted by atomic mass is 10.00. The molecule has 0 saturated heterocycles. The Labute approximate surface area is 211 Å². The Morgan fingerprint density at radius 1 is 0.972 bits per heavy atom. The van der Waals surface area contributed by atoms with Crippen LogP contribution >= 0.6 is 0 Å². The van der Waals surface area contributed by atoms with Gasteiger partial charge in [0, 0.05) is 23.7 Å². The minimum absolute atomic E-state index is 0.243. The minimum atomic E-state index is -1.62. The number of fused-ring (bicyclic) bond motifs is 1. The second-order valence-corrected chi connectivity index (χ2v) is 14.2. The fraction of sp³-hybridized carbons (Fsp3) is 0.179. The molecule has 0 spiro atoms. The first-order valence-corrected chi connectivity index (χ1v) is 15.0. The van der Waals surface area contributed by atoms with Crippen molar-refractivity contribution in [3.63, 3.8) is 0 Å². The summed E-state index contributed by atoms with van der Waals surface area (Å²) in [6, 6.07) is 20.0. The van der Waals surface area contributed by atoms with Crippen molar-refractivity contribution in [2.24, 2.45) is 4.99 Å². The Balaban J connectivity index is 1.68. The first kappa shape index (κ1) is 24.9. The summed E-state index contributed by atoms with van der Waals surface area (Å²) < 4.78 is 14.8. The van der Waals surface area contributed by atoms with E-state index in [-0.39, 0.29) is 11.3 Å². The van der Waals surface area contributed by atoms with Gasteiger partial charge in [0.15, 0.2) is 0 Å². The molecule has 0 aliphatic carbocycles. The molecule has 1 aliphatic heterocycles. The average Bonchev–Trinajstić information content (AvgIpc) is 2.94.